The number of aromatic nitrogens is 5. The minimum absolute atomic E-state index is 0.117. The predicted molar refractivity (Wildman–Crippen MR) is 77.4 cm³/mol. The Hall–Kier alpha value is -1.85. The Labute approximate surface area is 119 Å². The van der Waals surface area contributed by atoms with Crippen molar-refractivity contribution in [2.24, 2.45) is 0 Å². The van der Waals surface area contributed by atoms with Crippen LogP contribution >= 0.6 is 0 Å². The van der Waals surface area contributed by atoms with Gasteiger partial charge in [-0.05, 0) is 26.2 Å². The van der Waals surface area contributed by atoms with Crippen LogP contribution in [0.15, 0.2) is 6.07 Å². The SMILES string of the molecule is CC[C@H](c1nnc2n1CCCCC2)n1nc(N)cc1C. The van der Waals surface area contributed by atoms with E-state index in [-0.39, 0.29) is 6.04 Å². The maximum absolute atomic E-state index is 5.81. The van der Waals surface area contributed by atoms with Crippen LogP contribution in [0.25, 0.3) is 0 Å². The highest BCUT2D eigenvalue weighted by Crippen LogP contribution is 2.25. The summed E-state index contributed by atoms with van der Waals surface area (Å²) in [4.78, 5) is 0. The first-order chi connectivity index (χ1) is 9.70. The van der Waals surface area contributed by atoms with Crippen molar-refractivity contribution in [1.82, 2.24) is 24.5 Å². The van der Waals surface area contributed by atoms with Crippen LogP contribution < -0.4 is 5.73 Å². The highest BCUT2D eigenvalue weighted by molar-refractivity contribution is 5.29. The molecule has 0 radical (unpaired) electrons. The molecule has 0 saturated carbocycles. The minimum Gasteiger partial charge on any atom is -0.382 e. The zero-order valence-electron chi connectivity index (χ0n) is 12.2. The van der Waals surface area contributed by atoms with Crippen LogP contribution in [0.5, 0.6) is 0 Å². The molecular weight excluding hydrogens is 252 g/mol. The zero-order valence-corrected chi connectivity index (χ0v) is 12.2. The van der Waals surface area contributed by atoms with Crippen molar-refractivity contribution in [1.29, 1.82) is 0 Å². The van der Waals surface area contributed by atoms with Crippen LogP contribution in [-0.2, 0) is 13.0 Å². The number of fused-ring (bicyclic) bond motifs is 1. The molecule has 2 N–H and O–H groups in total. The fraction of sp³-hybridized carbons (Fsp3) is 0.643. The van der Waals surface area contributed by atoms with Crippen molar-refractivity contribution in [2.75, 3.05) is 5.73 Å². The third-order valence-electron chi connectivity index (χ3n) is 4.06. The van der Waals surface area contributed by atoms with Gasteiger partial charge in [-0.15, -0.1) is 10.2 Å². The maximum atomic E-state index is 5.81. The number of nitrogen functional groups attached to an aromatic ring is 1. The van der Waals surface area contributed by atoms with Crippen molar-refractivity contribution < 1.29 is 0 Å². The third kappa shape index (κ3) is 2.19. The second kappa shape index (κ2) is 5.26. The topological polar surface area (TPSA) is 74.5 Å². The third-order valence-corrected chi connectivity index (χ3v) is 4.06. The largest absolute Gasteiger partial charge is 0.382 e. The summed E-state index contributed by atoms with van der Waals surface area (Å²) in [5, 5.41) is 13.3. The van der Waals surface area contributed by atoms with Crippen molar-refractivity contribution in [2.45, 2.75) is 58.5 Å². The van der Waals surface area contributed by atoms with E-state index >= 15 is 0 Å². The Balaban J connectivity index is 2.02. The van der Waals surface area contributed by atoms with Crippen molar-refractivity contribution in [3.63, 3.8) is 0 Å². The van der Waals surface area contributed by atoms with E-state index < -0.39 is 0 Å². The molecule has 1 aliphatic heterocycles. The van der Waals surface area contributed by atoms with Gasteiger partial charge in [-0.3, -0.25) is 4.68 Å². The van der Waals surface area contributed by atoms with Gasteiger partial charge in [0.25, 0.3) is 0 Å². The molecule has 3 heterocycles. The summed E-state index contributed by atoms with van der Waals surface area (Å²) >= 11 is 0. The van der Waals surface area contributed by atoms with Gasteiger partial charge in [-0.2, -0.15) is 5.10 Å². The van der Waals surface area contributed by atoms with Gasteiger partial charge in [0, 0.05) is 24.7 Å². The predicted octanol–water partition coefficient (Wildman–Crippen LogP) is 2.09. The average molecular weight is 274 g/mol. The molecule has 0 spiro atoms. The molecule has 6 heteroatoms. The number of hydrogen-bond donors (Lipinski definition) is 1. The molecule has 0 aromatic carbocycles. The van der Waals surface area contributed by atoms with Crippen LogP contribution in [0.1, 0.15) is 56.0 Å². The second-order valence-electron chi connectivity index (χ2n) is 5.52. The lowest BCUT2D eigenvalue weighted by molar-refractivity contribution is 0.448. The molecule has 0 fully saturated rings. The molecule has 0 bridgehead atoms. The molecule has 2 aromatic heterocycles. The van der Waals surface area contributed by atoms with Crippen LogP contribution in [0.3, 0.4) is 0 Å². The van der Waals surface area contributed by atoms with E-state index in [0.717, 1.165) is 36.7 Å². The van der Waals surface area contributed by atoms with Crippen molar-refractivity contribution in [3.8, 4) is 0 Å². The first-order valence-electron chi connectivity index (χ1n) is 7.44. The second-order valence-corrected chi connectivity index (χ2v) is 5.52. The van der Waals surface area contributed by atoms with E-state index in [1.807, 2.05) is 17.7 Å². The van der Waals surface area contributed by atoms with Gasteiger partial charge in [0.2, 0.25) is 0 Å². The average Bonchev–Trinajstić information content (AvgIpc) is 2.87. The summed E-state index contributed by atoms with van der Waals surface area (Å²) < 4.78 is 4.27. The summed E-state index contributed by atoms with van der Waals surface area (Å²) in [5.41, 5.74) is 6.88. The molecule has 2 aromatic rings. The van der Waals surface area contributed by atoms with E-state index in [9.17, 15) is 0 Å². The highest BCUT2D eigenvalue weighted by atomic mass is 15.4. The Morgan fingerprint density at radius 3 is 2.85 bits per heavy atom. The first kappa shape index (κ1) is 13.1. The number of nitrogens with two attached hydrogens (primary N) is 1. The lowest BCUT2D eigenvalue weighted by Crippen LogP contribution is -2.19. The molecule has 3 rings (SSSR count). The molecular formula is C14H22N6. The molecule has 1 aliphatic rings. The van der Waals surface area contributed by atoms with E-state index in [4.69, 9.17) is 5.73 Å². The van der Waals surface area contributed by atoms with Crippen molar-refractivity contribution in [3.05, 3.63) is 23.4 Å². The number of rotatable bonds is 3. The monoisotopic (exact) mass is 274 g/mol. The lowest BCUT2D eigenvalue weighted by Gasteiger charge is -2.18. The van der Waals surface area contributed by atoms with Gasteiger partial charge in [0.1, 0.15) is 17.7 Å². The lowest BCUT2D eigenvalue weighted by atomic mass is 10.2. The molecule has 0 amide bonds. The summed E-state index contributed by atoms with van der Waals surface area (Å²) in [6.07, 6.45) is 5.65. The number of anilines is 1. The van der Waals surface area contributed by atoms with Crippen LogP contribution in [0.4, 0.5) is 5.82 Å². The first-order valence-corrected chi connectivity index (χ1v) is 7.44. The van der Waals surface area contributed by atoms with Gasteiger partial charge >= 0.3 is 0 Å². The van der Waals surface area contributed by atoms with E-state index in [2.05, 4.69) is 26.8 Å². The zero-order chi connectivity index (χ0) is 14.1. The van der Waals surface area contributed by atoms with Gasteiger partial charge in [0.05, 0.1) is 0 Å². The maximum Gasteiger partial charge on any atom is 0.157 e. The van der Waals surface area contributed by atoms with Gasteiger partial charge in [-0.25, -0.2) is 0 Å². The fourth-order valence-corrected chi connectivity index (χ4v) is 3.05. The van der Waals surface area contributed by atoms with E-state index in [1.54, 1.807) is 0 Å². The minimum atomic E-state index is 0.117. The highest BCUT2D eigenvalue weighted by Gasteiger charge is 2.24. The molecule has 0 aliphatic carbocycles. The Bertz CT molecular complexity index is 597. The summed E-state index contributed by atoms with van der Waals surface area (Å²) in [7, 11) is 0. The normalized spacial score (nSPS) is 16.7. The molecule has 0 unspecified atom stereocenters. The van der Waals surface area contributed by atoms with Gasteiger partial charge < -0.3 is 10.3 Å². The number of aryl methyl sites for hydroxylation is 2. The number of nitrogens with zero attached hydrogens (tertiary/aromatic N) is 5. The van der Waals surface area contributed by atoms with Gasteiger partial charge in [-0.1, -0.05) is 13.3 Å². The molecule has 20 heavy (non-hydrogen) atoms. The summed E-state index contributed by atoms with van der Waals surface area (Å²) in [5.74, 6) is 2.71. The van der Waals surface area contributed by atoms with Crippen molar-refractivity contribution >= 4 is 5.82 Å². The summed E-state index contributed by atoms with van der Waals surface area (Å²) in [6, 6.07) is 2.02. The Morgan fingerprint density at radius 1 is 1.30 bits per heavy atom. The van der Waals surface area contributed by atoms with Gasteiger partial charge in [0.15, 0.2) is 5.82 Å². The smallest absolute Gasteiger partial charge is 0.157 e. The van der Waals surface area contributed by atoms with E-state index in [1.165, 1.54) is 19.3 Å². The molecule has 1 atom stereocenters. The van der Waals surface area contributed by atoms with E-state index in [0.29, 0.717) is 5.82 Å². The number of hydrogen-bond acceptors (Lipinski definition) is 4. The molecule has 108 valence electrons. The standard InChI is InChI=1S/C14H22N6/c1-3-11(20-10(2)9-12(15)18-20)14-17-16-13-7-5-4-6-8-19(13)14/h9,11H,3-8H2,1-2H3,(H2,15,18)/t11-/m1/s1. The van der Waals surface area contributed by atoms with Crippen LogP contribution in [0.2, 0.25) is 0 Å². The fourth-order valence-electron chi connectivity index (χ4n) is 3.05. The quantitative estimate of drug-likeness (QED) is 0.930. The molecule has 0 saturated heterocycles. The Morgan fingerprint density at radius 2 is 2.15 bits per heavy atom. The Kier molecular flexibility index (Phi) is 3.46. The van der Waals surface area contributed by atoms with Crippen LogP contribution in [-0.4, -0.2) is 24.5 Å². The van der Waals surface area contributed by atoms with Crippen LogP contribution in [0, 0.1) is 6.92 Å². The molecule has 6 nitrogen and oxygen atoms in total. The summed E-state index contributed by atoms with van der Waals surface area (Å²) in [6.45, 7) is 5.20.